The zero-order valence-corrected chi connectivity index (χ0v) is 6.46. The zero-order chi connectivity index (χ0) is 8.97. The molecule has 1 aromatic rings. The second kappa shape index (κ2) is 3.80. The molecule has 12 heavy (non-hydrogen) atoms. The van der Waals surface area contributed by atoms with Gasteiger partial charge in [0.25, 0.3) is 0 Å². The van der Waals surface area contributed by atoms with Crippen LogP contribution in [-0.4, -0.2) is 18.4 Å². The highest BCUT2D eigenvalue weighted by molar-refractivity contribution is 5.55. The number of anilines is 1. The van der Waals surface area contributed by atoms with Crippen molar-refractivity contribution >= 4 is 5.69 Å². The summed E-state index contributed by atoms with van der Waals surface area (Å²) in [4.78, 5) is 0. The standard InChI is InChI=1S/C8H10FNO2/c9-3-4-12-8-5-6(11)1-2-7(8)10/h1-2,5,11H,3-4,10H2. The van der Waals surface area contributed by atoms with Gasteiger partial charge in [-0.3, -0.25) is 0 Å². The van der Waals surface area contributed by atoms with Gasteiger partial charge in [-0.1, -0.05) is 0 Å². The number of aromatic hydroxyl groups is 1. The minimum absolute atomic E-state index is 0.0480. The summed E-state index contributed by atoms with van der Waals surface area (Å²) in [6.07, 6.45) is 0. The Morgan fingerprint density at radius 3 is 2.92 bits per heavy atom. The number of alkyl halides is 1. The SMILES string of the molecule is Nc1ccc(O)cc1OCCF. The first-order chi connectivity index (χ1) is 5.74. The van der Waals surface area contributed by atoms with Gasteiger partial charge in [-0.05, 0) is 12.1 Å². The highest BCUT2D eigenvalue weighted by Gasteiger charge is 2.00. The van der Waals surface area contributed by atoms with Crippen molar-refractivity contribution in [1.29, 1.82) is 0 Å². The third kappa shape index (κ3) is 2.02. The average molecular weight is 171 g/mol. The van der Waals surface area contributed by atoms with Crippen LogP contribution in [0.25, 0.3) is 0 Å². The molecule has 0 atom stereocenters. The number of phenols is 1. The van der Waals surface area contributed by atoms with Crippen LogP contribution in [0.1, 0.15) is 0 Å². The summed E-state index contributed by atoms with van der Waals surface area (Å²) in [5, 5.41) is 9.01. The topological polar surface area (TPSA) is 55.5 Å². The van der Waals surface area contributed by atoms with Gasteiger partial charge in [0.15, 0.2) is 0 Å². The molecule has 0 heterocycles. The Morgan fingerprint density at radius 2 is 2.25 bits per heavy atom. The first kappa shape index (κ1) is 8.64. The van der Waals surface area contributed by atoms with E-state index in [1.165, 1.54) is 18.2 Å². The highest BCUT2D eigenvalue weighted by atomic mass is 19.1. The van der Waals surface area contributed by atoms with E-state index in [4.69, 9.17) is 15.6 Å². The molecule has 0 radical (unpaired) electrons. The number of halogens is 1. The summed E-state index contributed by atoms with van der Waals surface area (Å²) in [5.41, 5.74) is 5.86. The Hall–Kier alpha value is -1.45. The number of nitrogen functional groups attached to an aromatic ring is 1. The fourth-order valence-corrected chi connectivity index (χ4v) is 0.797. The highest BCUT2D eigenvalue weighted by Crippen LogP contribution is 2.25. The molecular formula is C8H10FNO2. The Labute approximate surface area is 69.6 Å². The average Bonchev–Trinajstić information content (AvgIpc) is 2.07. The summed E-state index contributed by atoms with van der Waals surface area (Å²) in [6.45, 7) is -0.622. The van der Waals surface area contributed by atoms with Crippen molar-refractivity contribution in [2.24, 2.45) is 0 Å². The summed E-state index contributed by atoms with van der Waals surface area (Å²) in [7, 11) is 0. The van der Waals surface area contributed by atoms with Crippen molar-refractivity contribution in [2.75, 3.05) is 19.0 Å². The van der Waals surface area contributed by atoms with Gasteiger partial charge in [0.2, 0.25) is 0 Å². The van der Waals surface area contributed by atoms with E-state index in [9.17, 15) is 4.39 Å². The summed E-state index contributed by atoms with van der Waals surface area (Å²) in [5.74, 6) is 0.366. The van der Waals surface area contributed by atoms with E-state index >= 15 is 0 Å². The lowest BCUT2D eigenvalue weighted by molar-refractivity contribution is 0.273. The predicted octanol–water partition coefficient (Wildman–Crippen LogP) is 1.32. The number of benzene rings is 1. The lowest BCUT2D eigenvalue weighted by Gasteiger charge is -2.06. The van der Waals surface area contributed by atoms with Crippen LogP contribution in [0.4, 0.5) is 10.1 Å². The summed E-state index contributed by atoms with van der Waals surface area (Å²) >= 11 is 0. The van der Waals surface area contributed by atoms with E-state index in [0.29, 0.717) is 11.4 Å². The fourth-order valence-electron chi connectivity index (χ4n) is 0.797. The van der Waals surface area contributed by atoms with Crippen LogP contribution < -0.4 is 10.5 Å². The minimum atomic E-state index is -0.574. The van der Waals surface area contributed by atoms with Gasteiger partial charge < -0.3 is 15.6 Å². The molecule has 0 aromatic heterocycles. The predicted molar refractivity (Wildman–Crippen MR) is 44.0 cm³/mol. The van der Waals surface area contributed by atoms with Crippen LogP contribution in [0, 0.1) is 0 Å². The number of hydrogen-bond acceptors (Lipinski definition) is 3. The number of ether oxygens (including phenoxy) is 1. The maximum Gasteiger partial charge on any atom is 0.145 e. The Balaban J connectivity index is 2.75. The van der Waals surface area contributed by atoms with Crippen molar-refractivity contribution in [3.05, 3.63) is 18.2 Å². The number of phenolic OH excluding ortho intramolecular Hbond substituents is 1. The Morgan fingerprint density at radius 1 is 1.50 bits per heavy atom. The van der Waals surface area contributed by atoms with Crippen molar-refractivity contribution in [3.8, 4) is 11.5 Å². The van der Waals surface area contributed by atoms with Gasteiger partial charge in [-0.2, -0.15) is 0 Å². The molecule has 0 saturated carbocycles. The van der Waals surface area contributed by atoms with Gasteiger partial charge in [-0.25, -0.2) is 4.39 Å². The molecule has 0 fully saturated rings. The third-order valence-electron chi connectivity index (χ3n) is 1.33. The quantitative estimate of drug-likeness (QED) is 0.532. The van der Waals surface area contributed by atoms with Crippen molar-refractivity contribution in [3.63, 3.8) is 0 Å². The molecule has 0 unspecified atom stereocenters. The van der Waals surface area contributed by atoms with Gasteiger partial charge in [0.1, 0.15) is 24.8 Å². The molecule has 0 aliphatic carbocycles. The second-order valence-electron chi connectivity index (χ2n) is 2.26. The number of rotatable bonds is 3. The molecule has 0 amide bonds. The smallest absolute Gasteiger partial charge is 0.145 e. The van der Waals surface area contributed by atoms with Gasteiger partial charge >= 0.3 is 0 Å². The van der Waals surface area contributed by atoms with Crippen LogP contribution in [0.3, 0.4) is 0 Å². The summed E-state index contributed by atoms with van der Waals surface area (Å²) in [6, 6.07) is 4.30. The first-order valence-electron chi connectivity index (χ1n) is 3.51. The normalized spacial score (nSPS) is 9.75. The largest absolute Gasteiger partial charge is 0.508 e. The van der Waals surface area contributed by atoms with Crippen LogP contribution >= 0.6 is 0 Å². The van der Waals surface area contributed by atoms with Crippen molar-refractivity contribution in [2.45, 2.75) is 0 Å². The molecule has 0 saturated heterocycles. The van der Waals surface area contributed by atoms with Gasteiger partial charge in [0.05, 0.1) is 5.69 Å². The Kier molecular flexibility index (Phi) is 2.74. The van der Waals surface area contributed by atoms with E-state index in [0.717, 1.165) is 0 Å². The lowest BCUT2D eigenvalue weighted by Crippen LogP contribution is -2.01. The molecule has 1 aromatic carbocycles. The first-order valence-corrected chi connectivity index (χ1v) is 3.51. The number of nitrogens with two attached hydrogens (primary N) is 1. The van der Waals surface area contributed by atoms with Crippen LogP contribution in [0.2, 0.25) is 0 Å². The molecule has 66 valence electrons. The molecule has 3 nitrogen and oxygen atoms in total. The maximum atomic E-state index is 11.7. The van der Waals surface area contributed by atoms with E-state index < -0.39 is 6.67 Å². The van der Waals surface area contributed by atoms with Gasteiger partial charge in [-0.15, -0.1) is 0 Å². The van der Waals surface area contributed by atoms with Crippen LogP contribution in [0.5, 0.6) is 11.5 Å². The molecule has 0 aliphatic heterocycles. The Bertz CT molecular complexity index is 265. The van der Waals surface area contributed by atoms with E-state index in [-0.39, 0.29) is 12.4 Å². The van der Waals surface area contributed by atoms with Crippen LogP contribution in [0.15, 0.2) is 18.2 Å². The lowest BCUT2D eigenvalue weighted by atomic mass is 10.3. The maximum absolute atomic E-state index is 11.7. The van der Waals surface area contributed by atoms with E-state index in [2.05, 4.69) is 0 Å². The molecule has 0 aliphatic rings. The van der Waals surface area contributed by atoms with Crippen molar-refractivity contribution in [1.82, 2.24) is 0 Å². The molecule has 4 heteroatoms. The van der Waals surface area contributed by atoms with E-state index in [1.54, 1.807) is 0 Å². The monoisotopic (exact) mass is 171 g/mol. The second-order valence-corrected chi connectivity index (χ2v) is 2.26. The zero-order valence-electron chi connectivity index (χ0n) is 6.46. The van der Waals surface area contributed by atoms with Gasteiger partial charge in [0, 0.05) is 6.07 Å². The fraction of sp³-hybridized carbons (Fsp3) is 0.250. The summed E-state index contributed by atoms with van der Waals surface area (Å²) < 4.78 is 16.6. The number of hydrogen-bond donors (Lipinski definition) is 2. The van der Waals surface area contributed by atoms with Crippen molar-refractivity contribution < 1.29 is 14.2 Å². The minimum Gasteiger partial charge on any atom is -0.508 e. The third-order valence-corrected chi connectivity index (χ3v) is 1.33. The molecule has 0 bridgehead atoms. The van der Waals surface area contributed by atoms with Crippen LogP contribution in [-0.2, 0) is 0 Å². The molecular weight excluding hydrogens is 161 g/mol. The molecule has 1 rings (SSSR count). The molecule has 3 N–H and O–H groups in total. The molecule has 0 spiro atoms. The van der Waals surface area contributed by atoms with E-state index in [1.807, 2.05) is 0 Å².